The first-order valence-electron chi connectivity index (χ1n) is 12.3. The number of hydrogen-bond donors (Lipinski definition) is 4. The minimum absolute atomic E-state index is 0.0213. The molecule has 0 spiro atoms. The van der Waals surface area contributed by atoms with E-state index in [-0.39, 0.29) is 30.6 Å². The standard InChI is InChI=1S/C27H27NO8/c28-25(34)21-18(30)12-15-10-14-11-16-13(6-9-26(35)7-2-1-3-8-26)4-5-17(29)20(16)22(31)19(14)23(32)27(15,36)24(21)33/h4-5,14-15,19,21,29,35-36H,1-3,7-8,10-12H2,(H2,28,34)/t14-,15+,19?,21?,27+/m1/s1. The number of primary amides is 1. The molecule has 0 bridgehead atoms. The molecule has 1 aromatic carbocycles. The number of benzene rings is 1. The molecule has 5 N–H and O–H groups in total. The maximum Gasteiger partial charge on any atom is 0.235 e. The fraction of sp³-hybridized carbons (Fsp3) is 0.519. The zero-order valence-electron chi connectivity index (χ0n) is 19.6. The molecule has 0 saturated heterocycles. The molecule has 188 valence electrons. The second-order valence-electron chi connectivity index (χ2n) is 10.6. The number of phenolic OH excluding ortho intramolecular Hbond substituents is 1. The second kappa shape index (κ2) is 8.36. The van der Waals surface area contributed by atoms with Crippen LogP contribution in [-0.2, 0) is 25.6 Å². The van der Waals surface area contributed by atoms with E-state index in [1.165, 1.54) is 6.07 Å². The lowest BCUT2D eigenvalue weighted by Gasteiger charge is -2.48. The number of ketones is 4. The fourth-order valence-electron chi connectivity index (χ4n) is 6.53. The highest BCUT2D eigenvalue weighted by atomic mass is 16.3. The van der Waals surface area contributed by atoms with E-state index in [4.69, 9.17) is 5.73 Å². The van der Waals surface area contributed by atoms with Crippen LogP contribution in [0.1, 0.15) is 66.4 Å². The molecule has 36 heavy (non-hydrogen) atoms. The Hall–Kier alpha value is -3.35. The van der Waals surface area contributed by atoms with Gasteiger partial charge in [-0.3, -0.25) is 24.0 Å². The van der Waals surface area contributed by atoms with Crippen LogP contribution in [0.15, 0.2) is 12.1 Å². The summed E-state index contributed by atoms with van der Waals surface area (Å²) in [5.74, 6) is -4.57. The summed E-state index contributed by atoms with van der Waals surface area (Å²) in [5.41, 5.74) is 2.19. The average molecular weight is 494 g/mol. The van der Waals surface area contributed by atoms with Gasteiger partial charge in [-0.05, 0) is 62.1 Å². The number of Topliss-reactive ketones (excluding diaryl/α,β-unsaturated/α-hetero) is 4. The molecular weight excluding hydrogens is 466 g/mol. The molecule has 1 amide bonds. The molecule has 4 aliphatic rings. The lowest BCUT2D eigenvalue weighted by molar-refractivity contribution is -0.175. The van der Waals surface area contributed by atoms with Crippen molar-refractivity contribution >= 4 is 29.0 Å². The zero-order valence-corrected chi connectivity index (χ0v) is 19.6. The van der Waals surface area contributed by atoms with Gasteiger partial charge in [0.05, 0.1) is 11.5 Å². The summed E-state index contributed by atoms with van der Waals surface area (Å²) < 4.78 is 0. The third-order valence-electron chi connectivity index (χ3n) is 8.40. The number of aromatic hydroxyl groups is 1. The Kier molecular flexibility index (Phi) is 5.65. The largest absolute Gasteiger partial charge is 0.507 e. The van der Waals surface area contributed by atoms with Crippen molar-refractivity contribution in [3.05, 3.63) is 28.8 Å². The van der Waals surface area contributed by atoms with E-state index in [0.29, 0.717) is 24.0 Å². The van der Waals surface area contributed by atoms with Gasteiger partial charge < -0.3 is 21.1 Å². The lowest BCUT2D eigenvalue weighted by Crippen LogP contribution is -2.68. The number of fused-ring (bicyclic) bond motifs is 3. The van der Waals surface area contributed by atoms with Gasteiger partial charge in [-0.25, -0.2) is 0 Å². The normalized spacial score (nSPS) is 33.1. The number of aliphatic hydroxyl groups is 2. The number of carbonyl (C=O) groups is 5. The van der Waals surface area contributed by atoms with Crippen molar-refractivity contribution in [2.75, 3.05) is 0 Å². The zero-order chi connectivity index (χ0) is 26.0. The van der Waals surface area contributed by atoms with Gasteiger partial charge in [-0.1, -0.05) is 18.3 Å². The highest BCUT2D eigenvalue weighted by molar-refractivity contribution is 6.31. The number of carbonyl (C=O) groups excluding carboxylic acids is 5. The molecule has 3 saturated carbocycles. The molecule has 9 heteroatoms. The van der Waals surface area contributed by atoms with E-state index < -0.39 is 63.9 Å². The van der Waals surface area contributed by atoms with E-state index in [9.17, 15) is 39.3 Å². The first-order valence-corrected chi connectivity index (χ1v) is 12.3. The molecule has 9 nitrogen and oxygen atoms in total. The van der Waals surface area contributed by atoms with Crippen molar-refractivity contribution < 1.29 is 39.3 Å². The van der Waals surface area contributed by atoms with Crippen molar-refractivity contribution in [3.8, 4) is 17.6 Å². The van der Waals surface area contributed by atoms with Crippen molar-refractivity contribution in [2.45, 2.75) is 62.6 Å². The van der Waals surface area contributed by atoms with Gasteiger partial charge in [0.15, 0.2) is 34.7 Å². The molecule has 5 rings (SSSR count). The van der Waals surface area contributed by atoms with Crippen molar-refractivity contribution in [3.63, 3.8) is 0 Å². The Bertz CT molecular complexity index is 1280. The van der Waals surface area contributed by atoms with E-state index in [0.717, 1.165) is 19.3 Å². The Morgan fingerprint density at radius 3 is 2.36 bits per heavy atom. The first-order chi connectivity index (χ1) is 17.0. The molecule has 2 unspecified atom stereocenters. The van der Waals surface area contributed by atoms with Crippen molar-refractivity contribution in [1.29, 1.82) is 0 Å². The van der Waals surface area contributed by atoms with Crippen LogP contribution in [-0.4, -0.2) is 55.6 Å². The minimum Gasteiger partial charge on any atom is -0.507 e. The summed E-state index contributed by atoms with van der Waals surface area (Å²) in [5, 5.41) is 32.5. The van der Waals surface area contributed by atoms with Gasteiger partial charge in [0, 0.05) is 17.9 Å². The maximum atomic E-state index is 13.5. The molecule has 1 aromatic rings. The second-order valence-corrected chi connectivity index (χ2v) is 10.6. The Morgan fingerprint density at radius 2 is 1.69 bits per heavy atom. The van der Waals surface area contributed by atoms with Crippen molar-refractivity contribution in [1.82, 2.24) is 0 Å². The van der Waals surface area contributed by atoms with Crippen LogP contribution in [0.25, 0.3) is 0 Å². The lowest BCUT2D eigenvalue weighted by atomic mass is 9.53. The van der Waals surface area contributed by atoms with E-state index in [2.05, 4.69) is 11.8 Å². The summed E-state index contributed by atoms with van der Waals surface area (Å²) in [6.45, 7) is 0. The molecule has 0 heterocycles. The number of rotatable bonds is 1. The van der Waals surface area contributed by atoms with Crippen LogP contribution in [0, 0.1) is 35.5 Å². The monoisotopic (exact) mass is 493 g/mol. The van der Waals surface area contributed by atoms with Gasteiger partial charge in [0.1, 0.15) is 11.4 Å². The summed E-state index contributed by atoms with van der Waals surface area (Å²) in [4.78, 5) is 64.2. The summed E-state index contributed by atoms with van der Waals surface area (Å²) in [6, 6.07) is 2.86. The Morgan fingerprint density at radius 1 is 1.00 bits per heavy atom. The fourth-order valence-corrected chi connectivity index (χ4v) is 6.53. The van der Waals surface area contributed by atoms with Crippen molar-refractivity contribution in [2.24, 2.45) is 29.4 Å². The van der Waals surface area contributed by atoms with Crippen LogP contribution >= 0.6 is 0 Å². The Balaban J connectivity index is 1.55. The number of hydrogen-bond acceptors (Lipinski definition) is 8. The molecule has 0 radical (unpaired) electrons. The van der Waals surface area contributed by atoms with Gasteiger partial charge >= 0.3 is 0 Å². The smallest absolute Gasteiger partial charge is 0.235 e. The third kappa shape index (κ3) is 3.51. The minimum atomic E-state index is -2.67. The van der Waals surface area contributed by atoms with Gasteiger partial charge in [0.2, 0.25) is 5.91 Å². The molecule has 4 aliphatic carbocycles. The van der Waals surface area contributed by atoms with Gasteiger partial charge in [0.25, 0.3) is 0 Å². The van der Waals surface area contributed by atoms with Crippen LogP contribution in [0.2, 0.25) is 0 Å². The van der Waals surface area contributed by atoms with E-state index in [1.54, 1.807) is 6.07 Å². The van der Waals surface area contributed by atoms with E-state index >= 15 is 0 Å². The molecule has 3 fully saturated rings. The molecule has 0 aromatic heterocycles. The molecule has 0 aliphatic heterocycles. The number of phenols is 1. The number of nitrogens with two attached hydrogens (primary N) is 1. The predicted molar refractivity (Wildman–Crippen MR) is 123 cm³/mol. The third-order valence-corrected chi connectivity index (χ3v) is 8.40. The first kappa shape index (κ1) is 24.3. The van der Waals surface area contributed by atoms with E-state index in [1.807, 2.05) is 0 Å². The summed E-state index contributed by atoms with van der Waals surface area (Å²) in [7, 11) is 0. The SMILES string of the molecule is NC(=O)C1C(=O)C[C@@H]2C[C@@H]3Cc4c(C#CC5(O)CCCCC5)ccc(O)c4C(=O)C3C(=O)[C@]2(O)C1=O. The topological polar surface area (TPSA) is 172 Å². The van der Waals surface area contributed by atoms with Crippen LogP contribution in [0.5, 0.6) is 5.75 Å². The quantitative estimate of drug-likeness (QED) is 0.321. The highest BCUT2D eigenvalue weighted by Gasteiger charge is 2.66. The Labute approximate surface area is 207 Å². The van der Waals surface area contributed by atoms with Crippen LogP contribution in [0.4, 0.5) is 0 Å². The van der Waals surface area contributed by atoms with Gasteiger partial charge in [-0.2, -0.15) is 0 Å². The summed E-state index contributed by atoms with van der Waals surface area (Å²) in [6.07, 6.45) is 3.65. The average Bonchev–Trinajstić information content (AvgIpc) is 2.81. The van der Waals surface area contributed by atoms with Gasteiger partial charge in [-0.15, -0.1) is 0 Å². The highest BCUT2D eigenvalue weighted by Crippen LogP contribution is 2.50. The maximum absolute atomic E-state index is 13.5. The number of amides is 1. The molecular formula is C27H27NO8. The van der Waals surface area contributed by atoms with Crippen LogP contribution < -0.4 is 5.73 Å². The predicted octanol–water partition coefficient (Wildman–Crippen LogP) is 0.374. The van der Waals surface area contributed by atoms with Crippen LogP contribution in [0.3, 0.4) is 0 Å². The summed E-state index contributed by atoms with van der Waals surface area (Å²) >= 11 is 0. The molecule has 5 atom stereocenters.